The van der Waals surface area contributed by atoms with Crippen LogP contribution in [0.25, 0.3) is 0 Å². The lowest BCUT2D eigenvalue weighted by Gasteiger charge is -2.41. The first-order valence-electron chi connectivity index (χ1n) is 8.13. The molecule has 1 aliphatic heterocycles. The molecule has 3 nitrogen and oxygen atoms in total. The van der Waals surface area contributed by atoms with Gasteiger partial charge in [0.25, 0.3) is 0 Å². The van der Waals surface area contributed by atoms with Gasteiger partial charge in [-0.1, -0.05) is 27.7 Å². The molecule has 114 valence electrons. The minimum atomic E-state index is 0.463. The van der Waals surface area contributed by atoms with E-state index in [0.717, 1.165) is 12.5 Å². The van der Waals surface area contributed by atoms with E-state index in [2.05, 4.69) is 49.9 Å². The Kier molecular flexibility index (Phi) is 7.33. The van der Waals surface area contributed by atoms with Crippen LogP contribution in [0.5, 0.6) is 0 Å². The monoisotopic (exact) mass is 269 g/mol. The van der Waals surface area contributed by atoms with Crippen molar-refractivity contribution < 1.29 is 0 Å². The third kappa shape index (κ3) is 5.80. The fraction of sp³-hybridized carbons (Fsp3) is 1.00. The van der Waals surface area contributed by atoms with E-state index in [0.29, 0.717) is 5.41 Å². The molecule has 0 unspecified atom stereocenters. The van der Waals surface area contributed by atoms with Crippen molar-refractivity contribution in [1.82, 2.24) is 15.1 Å². The van der Waals surface area contributed by atoms with Crippen LogP contribution in [-0.2, 0) is 0 Å². The molecule has 1 saturated heterocycles. The van der Waals surface area contributed by atoms with E-state index in [-0.39, 0.29) is 0 Å². The maximum absolute atomic E-state index is 3.69. The number of rotatable bonds is 8. The summed E-state index contributed by atoms with van der Waals surface area (Å²) in [6.45, 7) is 17.8. The van der Waals surface area contributed by atoms with Crippen LogP contribution in [0.15, 0.2) is 0 Å². The van der Waals surface area contributed by atoms with E-state index in [9.17, 15) is 0 Å². The molecule has 1 aliphatic rings. The fourth-order valence-electron chi connectivity index (χ4n) is 2.89. The van der Waals surface area contributed by atoms with Crippen LogP contribution in [0.3, 0.4) is 0 Å². The van der Waals surface area contributed by atoms with E-state index in [1.165, 1.54) is 52.1 Å². The van der Waals surface area contributed by atoms with Gasteiger partial charge in [0, 0.05) is 39.3 Å². The van der Waals surface area contributed by atoms with E-state index in [1.807, 2.05) is 0 Å². The lowest BCUT2D eigenvalue weighted by Crippen LogP contribution is -2.50. The van der Waals surface area contributed by atoms with E-state index >= 15 is 0 Å². The zero-order valence-corrected chi connectivity index (χ0v) is 13.8. The van der Waals surface area contributed by atoms with Gasteiger partial charge in [0.2, 0.25) is 0 Å². The topological polar surface area (TPSA) is 18.5 Å². The second kappa shape index (κ2) is 8.23. The van der Waals surface area contributed by atoms with Gasteiger partial charge in [-0.25, -0.2) is 0 Å². The normalized spacial score (nSPS) is 19.3. The quantitative estimate of drug-likeness (QED) is 0.729. The first-order valence-corrected chi connectivity index (χ1v) is 8.13. The number of piperazine rings is 1. The van der Waals surface area contributed by atoms with Crippen LogP contribution < -0.4 is 5.32 Å². The van der Waals surface area contributed by atoms with Crippen LogP contribution in [0.1, 0.15) is 40.5 Å². The predicted molar refractivity (Wildman–Crippen MR) is 84.7 cm³/mol. The van der Waals surface area contributed by atoms with Crippen LogP contribution in [0, 0.1) is 11.3 Å². The number of nitrogens with zero attached hydrogens (tertiary/aromatic N) is 2. The van der Waals surface area contributed by atoms with Crippen molar-refractivity contribution in [3.63, 3.8) is 0 Å². The van der Waals surface area contributed by atoms with Crippen molar-refractivity contribution in [2.75, 3.05) is 52.9 Å². The number of hydrogen-bond donors (Lipinski definition) is 1. The van der Waals surface area contributed by atoms with E-state index < -0.39 is 0 Å². The maximum Gasteiger partial charge on any atom is 0.0110 e. The molecule has 0 bridgehead atoms. The molecule has 0 amide bonds. The highest BCUT2D eigenvalue weighted by atomic mass is 15.2. The van der Waals surface area contributed by atoms with Crippen molar-refractivity contribution in [3.8, 4) is 0 Å². The zero-order valence-electron chi connectivity index (χ0n) is 13.8. The average molecular weight is 269 g/mol. The highest BCUT2D eigenvalue weighted by Gasteiger charge is 2.29. The van der Waals surface area contributed by atoms with Gasteiger partial charge < -0.3 is 15.1 Å². The van der Waals surface area contributed by atoms with Crippen molar-refractivity contribution in [2.45, 2.75) is 40.5 Å². The Balaban J connectivity index is 2.45. The van der Waals surface area contributed by atoms with Gasteiger partial charge in [-0.2, -0.15) is 0 Å². The first-order chi connectivity index (χ1) is 9.01. The van der Waals surface area contributed by atoms with Gasteiger partial charge in [0.15, 0.2) is 0 Å². The number of nitrogens with one attached hydrogen (secondary N) is 1. The van der Waals surface area contributed by atoms with Crippen molar-refractivity contribution in [1.29, 1.82) is 0 Å². The minimum absolute atomic E-state index is 0.463. The molecule has 0 spiro atoms. The summed E-state index contributed by atoms with van der Waals surface area (Å²) in [5.74, 6) is 0.745. The van der Waals surface area contributed by atoms with Crippen LogP contribution in [0.2, 0.25) is 0 Å². The molecule has 1 N–H and O–H groups in total. The molecule has 1 rings (SSSR count). The van der Waals surface area contributed by atoms with Crippen LogP contribution in [-0.4, -0.2) is 62.7 Å². The molecule has 0 aromatic heterocycles. The molecular formula is C16H35N3. The van der Waals surface area contributed by atoms with Gasteiger partial charge in [-0.15, -0.1) is 0 Å². The molecule has 0 aromatic carbocycles. The second-order valence-electron chi connectivity index (χ2n) is 6.81. The molecule has 1 fully saturated rings. The third-order valence-electron chi connectivity index (χ3n) is 4.71. The van der Waals surface area contributed by atoms with Crippen LogP contribution in [0.4, 0.5) is 0 Å². The number of likely N-dealkylation sites (N-methyl/N-ethyl adjacent to an activating group) is 1. The molecule has 1 heterocycles. The molecule has 3 heteroatoms. The Morgan fingerprint density at radius 1 is 1.05 bits per heavy atom. The van der Waals surface area contributed by atoms with Crippen molar-refractivity contribution >= 4 is 0 Å². The Hall–Kier alpha value is -0.120. The SMILES string of the molecule is CCC(CC)(CNCC(C)C)CN1CCN(C)CC1. The van der Waals surface area contributed by atoms with Crippen LogP contribution >= 0.6 is 0 Å². The highest BCUT2D eigenvalue weighted by Crippen LogP contribution is 2.27. The lowest BCUT2D eigenvalue weighted by atomic mass is 9.81. The standard InChI is InChI=1S/C16H35N3/c1-6-16(7-2,13-17-12-15(3)4)14-19-10-8-18(5)9-11-19/h15,17H,6-14H2,1-5H3. The Morgan fingerprint density at radius 2 is 1.63 bits per heavy atom. The molecule has 0 aromatic rings. The Labute approximate surface area is 120 Å². The summed E-state index contributed by atoms with van der Waals surface area (Å²) in [5.41, 5.74) is 0.463. The highest BCUT2D eigenvalue weighted by molar-refractivity contribution is 4.84. The molecule has 0 saturated carbocycles. The predicted octanol–water partition coefficient (Wildman–Crippen LogP) is 2.29. The summed E-state index contributed by atoms with van der Waals surface area (Å²) in [4.78, 5) is 5.11. The van der Waals surface area contributed by atoms with E-state index in [1.54, 1.807) is 0 Å². The van der Waals surface area contributed by atoms with Gasteiger partial charge in [-0.05, 0) is 37.8 Å². The number of hydrogen-bond acceptors (Lipinski definition) is 3. The summed E-state index contributed by atoms with van der Waals surface area (Å²) in [6.07, 6.45) is 2.56. The van der Waals surface area contributed by atoms with Gasteiger partial charge in [0.1, 0.15) is 0 Å². The van der Waals surface area contributed by atoms with Gasteiger partial charge in [0.05, 0.1) is 0 Å². The molecular weight excluding hydrogens is 234 g/mol. The largest absolute Gasteiger partial charge is 0.316 e. The fourth-order valence-corrected chi connectivity index (χ4v) is 2.89. The third-order valence-corrected chi connectivity index (χ3v) is 4.71. The minimum Gasteiger partial charge on any atom is -0.316 e. The Morgan fingerprint density at radius 3 is 2.11 bits per heavy atom. The summed E-state index contributed by atoms with van der Waals surface area (Å²) >= 11 is 0. The smallest absolute Gasteiger partial charge is 0.0110 e. The zero-order chi connectivity index (χ0) is 14.3. The maximum atomic E-state index is 3.69. The second-order valence-corrected chi connectivity index (χ2v) is 6.81. The van der Waals surface area contributed by atoms with Crippen molar-refractivity contribution in [2.24, 2.45) is 11.3 Å². The van der Waals surface area contributed by atoms with E-state index in [4.69, 9.17) is 0 Å². The Bertz CT molecular complexity index is 228. The van der Waals surface area contributed by atoms with Crippen molar-refractivity contribution in [3.05, 3.63) is 0 Å². The summed E-state index contributed by atoms with van der Waals surface area (Å²) in [7, 11) is 2.23. The summed E-state index contributed by atoms with van der Waals surface area (Å²) in [6, 6.07) is 0. The molecule has 0 radical (unpaired) electrons. The summed E-state index contributed by atoms with van der Waals surface area (Å²) < 4.78 is 0. The molecule has 0 aliphatic carbocycles. The summed E-state index contributed by atoms with van der Waals surface area (Å²) in [5, 5.41) is 3.69. The van der Waals surface area contributed by atoms with Gasteiger partial charge >= 0.3 is 0 Å². The first kappa shape index (κ1) is 16.9. The molecule has 0 atom stereocenters. The lowest BCUT2D eigenvalue weighted by molar-refractivity contribution is 0.0879. The van der Waals surface area contributed by atoms with Gasteiger partial charge in [-0.3, -0.25) is 0 Å². The average Bonchev–Trinajstić information content (AvgIpc) is 2.40. The molecule has 19 heavy (non-hydrogen) atoms.